The number of hydrogen-bond acceptors (Lipinski definition) is 4. The summed E-state index contributed by atoms with van der Waals surface area (Å²) in [7, 11) is 0. The second-order valence-corrected chi connectivity index (χ2v) is 6.16. The third kappa shape index (κ3) is 3.55. The Morgan fingerprint density at radius 3 is 2.78 bits per heavy atom. The third-order valence-corrected chi connectivity index (χ3v) is 4.77. The molecular weight excluding hydrogens is 244 g/mol. The van der Waals surface area contributed by atoms with Gasteiger partial charge in [0, 0.05) is 18.0 Å². The summed E-state index contributed by atoms with van der Waals surface area (Å²) < 4.78 is 0. The molecule has 1 fully saturated rings. The minimum absolute atomic E-state index is 0.323. The molecule has 0 bridgehead atoms. The number of hydrogen-bond donors (Lipinski definition) is 2. The maximum atomic E-state index is 9.35. The highest BCUT2D eigenvalue weighted by Crippen LogP contribution is 2.29. The highest BCUT2D eigenvalue weighted by atomic mass is 32.1. The van der Waals surface area contributed by atoms with Crippen molar-refractivity contribution >= 4 is 11.3 Å². The first kappa shape index (κ1) is 13.5. The summed E-state index contributed by atoms with van der Waals surface area (Å²) in [6.45, 7) is 2.13. The van der Waals surface area contributed by atoms with Gasteiger partial charge in [0.05, 0.1) is 0 Å². The van der Waals surface area contributed by atoms with E-state index < -0.39 is 0 Å². The van der Waals surface area contributed by atoms with Crippen LogP contribution in [0, 0.1) is 23.2 Å². The largest absolute Gasteiger partial charge is 0.396 e. The molecule has 4 heteroatoms. The summed E-state index contributed by atoms with van der Waals surface area (Å²) in [5.41, 5.74) is 0. The van der Waals surface area contributed by atoms with E-state index in [1.165, 1.54) is 30.6 Å². The van der Waals surface area contributed by atoms with E-state index in [0.717, 1.165) is 18.0 Å². The minimum atomic E-state index is 0.323. The lowest BCUT2D eigenvalue weighted by atomic mass is 9.79. The Morgan fingerprint density at radius 1 is 1.33 bits per heavy atom. The zero-order valence-electron chi connectivity index (χ0n) is 10.6. The normalized spacial score (nSPS) is 23.8. The molecular formula is C14H20N2OS. The number of aliphatic hydroxyl groups is 1. The zero-order valence-corrected chi connectivity index (χ0v) is 11.4. The van der Waals surface area contributed by atoms with Crippen LogP contribution in [0.25, 0.3) is 0 Å². The number of thiophene rings is 1. The van der Waals surface area contributed by atoms with Gasteiger partial charge in [-0.2, -0.15) is 5.26 Å². The molecule has 1 heterocycles. The zero-order chi connectivity index (χ0) is 12.8. The summed E-state index contributed by atoms with van der Waals surface area (Å²) in [4.78, 5) is 1.99. The topological polar surface area (TPSA) is 56.0 Å². The summed E-state index contributed by atoms with van der Waals surface area (Å²) in [5, 5.41) is 21.6. The molecule has 0 radical (unpaired) electrons. The van der Waals surface area contributed by atoms with E-state index in [-0.39, 0.29) is 0 Å². The van der Waals surface area contributed by atoms with E-state index in [0.29, 0.717) is 18.4 Å². The number of rotatable bonds is 5. The van der Waals surface area contributed by atoms with Crippen LogP contribution in [0.4, 0.5) is 0 Å². The van der Waals surface area contributed by atoms with E-state index in [1.54, 1.807) is 11.3 Å². The van der Waals surface area contributed by atoms with Gasteiger partial charge in [0.15, 0.2) is 0 Å². The Labute approximate surface area is 112 Å². The number of nitrogens with zero attached hydrogens (tertiary/aromatic N) is 1. The molecule has 2 rings (SSSR count). The molecule has 2 N–H and O–H groups in total. The van der Waals surface area contributed by atoms with Crippen molar-refractivity contribution < 1.29 is 5.11 Å². The van der Waals surface area contributed by atoms with Crippen LogP contribution in [0.3, 0.4) is 0 Å². The van der Waals surface area contributed by atoms with Crippen LogP contribution in [0.1, 0.15) is 35.4 Å². The highest BCUT2D eigenvalue weighted by Gasteiger charge is 2.23. The molecule has 0 aromatic carbocycles. The first-order valence-corrected chi connectivity index (χ1v) is 7.45. The van der Waals surface area contributed by atoms with Crippen LogP contribution in [0.2, 0.25) is 0 Å². The smallest absolute Gasteiger partial charge is 0.110 e. The third-order valence-electron chi connectivity index (χ3n) is 3.78. The Kier molecular flexibility index (Phi) is 5.18. The Hall–Kier alpha value is -0.890. The van der Waals surface area contributed by atoms with Crippen LogP contribution in [-0.2, 0) is 6.54 Å². The molecule has 98 valence electrons. The average molecular weight is 264 g/mol. The van der Waals surface area contributed by atoms with Crippen LogP contribution >= 0.6 is 11.3 Å². The first-order chi connectivity index (χ1) is 8.83. The van der Waals surface area contributed by atoms with Crippen LogP contribution in [-0.4, -0.2) is 18.3 Å². The Bertz CT molecular complexity index is 410. The fourth-order valence-electron chi connectivity index (χ4n) is 2.71. The molecule has 2 unspecified atom stereocenters. The van der Waals surface area contributed by atoms with Gasteiger partial charge in [-0.1, -0.05) is 12.8 Å². The lowest BCUT2D eigenvalue weighted by Gasteiger charge is -2.30. The Balaban J connectivity index is 1.75. The maximum absolute atomic E-state index is 9.35. The predicted molar refractivity (Wildman–Crippen MR) is 73.3 cm³/mol. The molecule has 18 heavy (non-hydrogen) atoms. The fraction of sp³-hybridized carbons (Fsp3) is 0.643. The fourth-order valence-corrected chi connectivity index (χ4v) is 3.48. The van der Waals surface area contributed by atoms with Crippen molar-refractivity contribution in [2.45, 2.75) is 32.2 Å². The summed E-state index contributed by atoms with van der Waals surface area (Å²) >= 11 is 1.55. The van der Waals surface area contributed by atoms with Gasteiger partial charge in [-0.3, -0.25) is 0 Å². The molecule has 3 nitrogen and oxygen atoms in total. The van der Waals surface area contributed by atoms with Gasteiger partial charge in [0.1, 0.15) is 10.9 Å². The van der Waals surface area contributed by atoms with Gasteiger partial charge >= 0.3 is 0 Å². The standard InChI is InChI=1S/C14H20N2OS/c15-7-13-5-6-14(18-13)9-16-8-11-3-1-2-4-12(11)10-17/h5-6,11-12,16-17H,1-4,8-10H2. The monoisotopic (exact) mass is 264 g/mol. The maximum Gasteiger partial charge on any atom is 0.110 e. The van der Waals surface area contributed by atoms with Crippen molar-refractivity contribution in [1.29, 1.82) is 5.26 Å². The van der Waals surface area contributed by atoms with Gasteiger partial charge in [-0.15, -0.1) is 11.3 Å². The van der Waals surface area contributed by atoms with Gasteiger partial charge in [-0.25, -0.2) is 0 Å². The second-order valence-electron chi connectivity index (χ2n) is 5.00. The number of aliphatic hydroxyl groups excluding tert-OH is 1. The Morgan fingerprint density at radius 2 is 2.11 bits per heavy atom. The van der Waals surface area contributed by atoms with E-state index in [2.05, 4.69) is 11.4 Å². The van der Waals surface area contributed by atoms with Crippen LogP contribution in [0.15, 0.2) is 12.1 Å². The molecule has 1 aliphatic carbocycles. The molecule has 1 aromatic heterocycles. The van der Waals surface area contributed by atoms with Crippen molar-refractivity contribution in [1.82, 2.24) is 5.32 Å². The molecule has 0 spiro atoms. The number of nitrogens with one attached hydrogen (secondary N) is 1. The van der Waals surface area contributed by atoms with Crippen molar-refractivity contribution in [2.24, 2.45) is 11.8 Å². The molecule has 0 amide bonds. The molecule has 1 saturated carbocycles. The summed E-state index contributed by atoms with van der Waals surface area (Å²) in [6, 6.07) is 6.05. The molecule has 2 atom stereocenters. The molecule has 1 aliphatic rings. The lowest BCUT2D eigenvalue weighted by molar-refractivity contribution is 0.133. The van der Waals surface area contributed by atoms with Gasteiger partial charge in [0.2, 0.25) is 0 Å². The highest BCUT2D eigenvalue weighted by molar-refractivity contribution is 7.12. The van der Waals surface area contributed by atoms with Gasteiger partial charge in [0.25, 0.3) is 0 Å². The van der Waals surface area contributed by atoms with Crippen LogP contribution < -0.4 is 5.32 Å². The summed E-state index contributed by atoms with van der Waals surface area (Å²) in [6.07, 6.45) is 4.95. The van der Waals surface area contributed by atoms with Gasteiger partial charge in [-0.05, 0) is 43.4 Å². The summed E-state index contributed by atoms with van der Waals surface area (Å²) in [5.74, 6) is 1.09. The average Bonchev–Trinajstić information content (AvgIpc) is 2.87. The van der Waals surface area contributed by atoms with E-state index in [9.17, 15) is 5.11 Å². The number of nitriles is 1. The predicted octanol–water partition coefficient (Wildman–Crippen LogP) is 2.51. The first-order valence-electron chi connectivity index (χ1n) is 6.64. The SMILES string of the molecule is N#Cc1ccc(CNCC2CCCCC2CO)s1. The van der Waals surface area contributed by atoms with E-state index in [4.69, 9.17) is 5.26 Å². The van der Waals surface area contributed by atoms with Crippen molar-refractivity contribution in [3.8, 4) is 6.07 Å². The molecule has 1 aromatic rings. The van der Waals surface area contributed by atoms with Gasteiger partial charge < -0.3 is 10.4 Å². The van der Waals surface area contributed by atoms with E-state index >= 15 is 0 Å². The van der Waals surface area contributed by atoms with E-state index in [1.807, 2.05) is 12.1 Å². The molecule has 0 saturated heterocycles. The van der Waals surface area contributed by atoms with Crippen molar-refractivity contribution in [3.63, 3.8) is 0 Å². The molecule has 0 aliphatic heterocycles. The van der Waals surface area contributed by atoms with Crippen molar-refractivity contribution in [3.05, 3.63) is 21.9 Å². The lowest BCUT2D eigenvalue weighted by Crippen LogP contribution is -2.32. The minimum Gasteiger partial charge on any atom is -0.396 e. The van der Waals surface area contributed by atoms with Crippen molar-refractivity contribution in [2.75, 3.05) is 13.2 Å². The second kappa shape index (κ2) is 6.89. The quantitative estimate of drug-likeness (QED) is 0.859. The van der Waals surface area contributed by atoms with Crippen LogP contribution in [0.5, 0.6) is 0 Å².